The van der Waals surface area contributed by atoms with Crippen molar-refractivity contribution in [3.05, 3.63) is 0 Å². The molecule has 1 rings (SSSR count). The molecule has 0 radical (unpaired) electrons. The van der Waals surface area contributed by atoms with Crippen LogP contribution in [0.3, 0.4) is 0 Å². The Bertz CT molecular complexity index is 392. The molecule has 1 atom stereocenters. The molecule has 1 unspecified atom stereocenters. The van der Waals surface area contributed by atoms with Gasteiger partial charge in [-0.15, -0.1) is 0 Å². The summed E-state index contributed by atoms with van der Waals surface area (Å²) in [5.41, 5.74) is 0. The van der Waals surface area contributed by atoms with E-state index in [9.17, 15) is 13.2 Å². The van der Waals surface area contributed by atoms with Gasteiger partial charge in [0.2, 0.25) is 0 Å². The third-order valence-electron chi connectivity index (χ3n) is 3.18. The number of carboxylic acid groups (broad SMARTS) is 1. The average molecular weight is 294 g/mol. The van der Waals surface area contributed by atoms with Crippen LogP contribution in [0, 0.1) is 0 Å². The molecule has 2 N–H and O–H groups in total. The van der Waals surface area contributed by atoms with E-state index in [1.54, 1.807) is 0 Å². The first-order valence-corrected chi connectivity index (χ1v) is 7.95. The summed E-state index contributed by atoms with van der Waals surface area (Å²) in [5, 5.41) is 18.1. The monoisotopic (exact) mass is 294 g/mol. The number of nitrogens with zero attached hydrogens (tertiary/aromatic N) is 2. The van der Waals surface area contributed by atoms with Gasteiger partial charge in [0.15, 0.2) is 0 Å². The van der Waals surface area contributed by atoms with Gasteiger partial charge >= 0.3 is 5.97 Å². The van der Waals surface area contributed by atoms with E-state index < -0.39 is 22.2 Å². The van der Waals surface area contributed by atoms with E-state index in [1.165, 1.54) is 0 Å². The van der Waals surface area contributed by atoms with Crippen LogP contribution in [-0.4, -0.2) is 65.5 Å². The average Bonchev–Trinajstić information content (AvgIpc) is 2.38. The molecule has 1 aliphatic heterocycles. The van der Waals surface area contributed by atoms with Crippen LogP contribution in [0.2, 0.25) is 0 Å². The predicted molar refractivity (Wildman–Crippen MR) is 69.9 cm³/mol. The van der Waals surface area contributed by atoms with Gasteiger partial charge in [-0.1, -0.05) is 6.92 Å². The third kappa shape index (κ3) is 3.88. The van der Waals surface area contributed by atoms with Crippen LogP contribution >= 0.6 is 0 Å². The molecule has 0 aromatic rings. The van der Waals surface area contributed by atoms with Crippen LogP contribution in [0.15, 0.2) is 0 Å². The summed E-state index contributed by atoms with van der Waals surface area (Å²) in [4.78, 5) is 11.2. The van der Waals surface area contributed by atoms with Crippen molar-refractivity contribution in [3.8, 4) is 0 Å². The first kappa shape index (κ1) is 16.4. The molecule has 1 aliphatic rings. The quantitative estimate of drug-likeness (QED) is 0.682. The topological polar surface area (TPSA) is 98.2 Å². The zero-order valence-corrected chi connectivity index (χ0v) is 12.0. The highest BCUT2D eigenvalue weighted by Crippen LogP contribution is 2.23. The van der Waals surface area contributed by atoms with Crippen molar-refractivity contribution in [1.29, 1.82) is 0 Å². The zero-order chi connectivity index (χ0) is 14.5. The van der Waals surface area contributed by atoms with Crippen LogP contribution in [0.4, 0.5) is 0 Å². The zero-order valence-electron chi connectivity index (χ0n) is 11.2. The summed E-state index contributed by atoms with van der Waals surface area (Å²) in [6.45, 7) is 2.07. The van der Waals surface area contributed by atoms with Gasteiger partial charge in [0, 0.05) is 19.6 Å². The maximum absolute atomic E-state index is 12.5. The minimum absolute atomic E-state index is 0.000980. The van der Waals surface area contributed by atoms with E-state index >= 15 is 0 Å². The van der Waals surface area contributed by atoms with Crippen LogP contribution in [0.25, 0.3) is 0 Å². The number of piperidine rings is 1. The molecule has 0 amide bonds. The molecule has 112 valence electrons. The number of carboxylic acids is 1. The molecule has 0 saturated carbocycles. The third-order valence-corrected chi connectivity index (χ3v) is 5.23. The highest BCUT2D eigenvalue weighted by atomic mass is 32.2. The van der Waals surface area contributed by atoms with Crippen molar-refractivity contribution in [2.75, 3.05) is 26.2 Å². The fourth-order valence-corrected chi connectivity index (χ4v) is 4.18. The molecular formula is C11H22N2O5S. The number of rotatable bonds is 7. The van der Waals surface area contributed by atoms with Crippen LogP contribution in [-0.2, 0) is 15.0 Å². The molecule has 7 nitrogen and oxygen atoms in total. The van der Waals surface area contributed by atoms with E-state index in [1.807, 2.05) is 6.92 Å². The van der Waals surface area contributed by atoms with E-state index in [0.717, 1.165) is 15.0 Å². The molecule has 1 heterocycles. The normalized spacial score (nSPS) is 21.7. The van der Waals surface area contributed by atoms with Gasteiger partial charge in [0.1, 0.15) is 6.04 Å². The number of aliphatic hydroxyl groups is 1. The first-order valence-electron chi connectivity index (χ1n) is 6.55. The number of aliphatic hydroxyl groups excluding tert-OH is 1. The molecule has 0 aromatic heterocycles. The van der Waals surface area contributed by atoms with Gasteiger partial charge < -0.3 is 10.2 Å². The van der Waals surface area contributed by atoms with Crippen LogP contribution < -0.4 is 0 Å². The summed E-state index contributed by atoms with van der Waals surface area (Å²) >= 11 is 0. The van der Waals surface area contributed by atoms with Gasteiger partial charge in [0.05, 0.1) is 6.61 Å². The summed E-state index contributed by atoms with van der Waals surface area (Å²) in [5.74, 6) is -1.11. The van der Waals surface area contributed by atoms with Crippen LogP contribution in [0.1, 0.15) is 32.6 Å². The molecule has 0 aliphatic carbocycles. The van der Waals surface area contributed by atoms with Crippen molar-refractivity contribution in [1.82, 2.24) is 8.61 Å². The number of aliphatic carboxylic acids is 1. The molecule has 19 heavy (non-hydrogen) atoms. The Balaban J connectivity index is 2.96. The van der Waals surface area contributed by atoms with Gasteiger partial charge in [-0.25, -0.2) is 0 Å². The summed E-state index contributed by atoms with van der Waals surface area (Å²) in [6.07, 6.45) is 2.34. The predicted octanol–water partition coefficient (Wildman–Crippen LogP) is -0.125. The Morgan fingerprint density at radius 1 is 1.37 bits per heavy atom. The maximum atomic E-state index is 12.5. The van der Waals surface area contributed by atoms with E-state index in [2.05, 4.69) is 0 Å². The Labute approximate surface area is 114 Å². The summed E-state index contributed by atoms with van der Waals surface area (Å²) in [7, 11) is -3.82. The number of hydrogen-bond donors (Lipinski definition) is 2. The second kappa shape index (κ2) is 7.18. The molecule has 0 spiro atoms. The van der Waals surface area contributed by atoms with Crippen molar-refractivity contribution < 1.29 is 23.4 Å². The standard InChI is InChI=1S/C11H22N2O5S/c1-2-6-12(8-9-14)19(17,18)13-7-4-3-5-10(13)11(15)16/h10,14H,2-9H2,1H3,(H,15,16). The Morgan fingerprint density at radius 2 is 2.05 bits per heavy atom. The minimum atomic E-state index is -3.82. The van der Waals surface area contributed by atoms with Crippen LogP contribution in [0.5, 0.6) is 0 Å². The summed E-state index contributed by atoms with van der Waals surface area (Å²) < 4.78 is 27.1. The lowest BCUT2D eigenvalue weighted by Crippen LogP contribution is -2.54. The Kier molecular flexibility index (Phi) is 6.18. The molecule has 1 fully saturated rings. The summed E-state index contributed by atoms with van der Waals surface area (Å²) in [6, 6.07) is -0.989. The second-order valence-corrected chi connectivity index (χ2v) is 6.47. The lowest BCUT2D eigenvalue weighted by molar-refractivity contribution is -0.142. The molecule has 8 heteroatoms. The fraction of sp³-hybridized carbons (Fsp3) is 0.909. The van der Waals surface area contributed by atoms with Crippen molar-refractivity contribution in [3.63, 3.8) is 0 Å². The van der Waals surface area contributed by atoms with Crippen molar-refractivity contribution >= 4 is 16.2 Å². The SMILES string of the molecule is CCCN(CCO)S(=O)(=O)N1CCCCC1C(=O)O. The van der Waals surface area contributed by atoms with Crippen molar-refractivity contribution in [2.45, 2.75) is 38.6 Å². The van der Waals surface area contributed by atoms with E-state index in [4.69, 9.17) is 10.2 Å². The first-order chi connectivity index (χ1) is 8.95. The number of hydrogen-bond acceptors (Lipinski definition) is 4. The van der Waals surface area contributed by atoms with Gasteiger partial charge in [0.25, 0.3) is 10.2 Å². The highest BCUT2D eigenvalue weighted by Gasteiger charge is 2.39. The number of carbonyl (C=O) groups is 1. The molecular weight excluding hydrogens is 272 g/mol. The van der Waals surface area contributed by atoms with Gasteiger partial charge in [-0.05, 0) is 25.7 Å². The lowest BCUT2D eigenvalue weighted by Gasteiger charge is -2.35. The van der Waals surface area contributed by atoms with Gasteiger partial charge in [-0.2, -0.15) is 17.0 Å². The largest absolute Gasteiger partial charge is 0.480 e. The second-order valence-electron chi connectivity index (χ2n) is 4.59. The highest BCUT2D eigenvalue weighted by molar-refractivity contribution is 7.86. The minimum Gasteiger partial charge on any atom is -0.480 e. The molecule has 1 saturated heterocycles. The fourth-order valence-electron chi connectivity index (χ4n) is 2.28. The van der Waals surface area contributed by atoms with E-state index in [-0.39, 0.29) is 26.2 Å². The molecule has 0 aromatic carbocycles. The Hall–Kier alpha value is -0.700. The van der Waals surface area contributed by atoms with E-state index in [0.29, 0.717) is 19.3 Å². The Morgan fingerprint density at radius 3 is 2.58 bits per heavy atom. The van der Waals surface area contributed by atoms with Crippen molar-refractivity contribution in [2.24, 2.45) is 0 Å². The molecule has 0 bridgehead atoms. The maximum Gasteiger partial charge on any atom is 0.322 e. The van der Waals surface area contributed by atoms with Gasteiger partial charge in [-0.3, -0.25) is 4.79 Å². The smallest absolute Gasteiger partial charge is 0.322 e. The lowest BCUT2D eigenvalue weighted by atomic mass is 10.1.